The lowest BCUT2D eigenvalue weighted by molar-refractivity contribution is 0.355. The third-order valence-corrected chi connectivity index (χ3v) is 3.33. The van der Waals surface area contributed by atoms with Gasteiger partial charge in [-0.3, -0.25) is 0 Å². The van der Waals surface area contributed by atoms with Crippen LogP contribution in [0.1, 0.15) is 0 Å². The van der Waals surface area contributed by atoms with Gasteiger partial charge in [0.05, 0.1) is 25.1 Å². The fourth-order valence-electron chi connectivity index (χ4n) is 2.24. The Labute approximate surface area is 121 Å². The molecule has 3 aromatic rings. The van der Waals surface area contributed by atoms with E-state index in [1.165, 1.54) is 6.33 Å². The van der Waals surface area contributed by atoms with Crippen LogP contribution in [0.2, 0.25) is 0 Å². The number of hydrogen-bond acceptors (Lipinski definition) is 5. The molecule has 106 valence electrons. The zero-order valence-corrected chi connectivity index (χ0v) is 11.7. The lowest BCUT2D eigenvalue weighted by Crippen LogP contribution is -1.91. The molecule has 0 amide bonds. The average molecular weight is 282 g/mol. The van der Waals surface area contributed by atoms with Crippen molar-refractivity contribution in [1.82, 2.24) is 9.97 Å². The quantitative estimate of drug-likeness (QED) is 0.800. The highest BCUT2D eigenvalue weighted by molar-refractivity contribution is 5.88. The number of methoxy groups -OCH3 is 2. The van der Waals surface area contributed by atoms with Crippen molar-refractivity contribution in [3.63, 3.8) is 0 Å². The van der Waals surface area contributed by atoms with E-state index >= 15 is 0 Å². The first kappa shape index (κ1) is 13.2. The second-order valence-corrected chi connectivity index (χ2v) is 4.50. The van der Waals surface area contributed by atoms with Crippen LogP contribution in [0, 0.1) is 0 Å². The molecule has 21 heavy (non-hydrogen) atoms. The zero-order chi connectivity index (χ0) is 14.8. The van der Waals surface area contributed by atoms with Crippen molar-refractivity contribution in [2.75, 3.05) is 14.2 Å². The number of aromatic hydroxyl groups is 1. The summed E-state index contributed by atoms with van der Waals surface area (Å²) >= 11 is 0. The fraction of sp³-hybridized carbons (Fsp3) is 0.125. The van der Waals surface area contributed by atoms with Gasteiger partial charge in [0.2, 0.25) is 5.88 Å². The largest absolute Gasteiger partial charge is 0.493 e. The Hall–Kier alpha value is -2.82. The van der Waals surface area contributed by atoms with Gasteiger partial charge in [0.15, 0.2) is 11.5 Å². The lowest BCUT2D eigenvalue weighted by Gasteiger charge is -2.10. The van der Waals surface area contributed by atoms with Crippen molar-refractivity contribution in [3.05, 3.63) is 42.7 Å². The van der Waals surface area contributed by atoms with E-state index in [0.29, 0.717) is 22.4 Å². The molecule has 0 aliphatic heterocycles. The van der Waals surface area contributed by atoms with E-state index in [0.717, 1.165) is 11.1 Å². The maximum Gasteiger partial charge on any atom is 0.221 e. The molecule has 0 spiro atoms. The van der Waals surface area contributed by atoms with Crippen LogP contribution in [0.4, 0.5) is 0 Å². The van der Waals surface area contributed by atoms with E-state index in [1.807, 2.05) is 36.4 Å². The number of ether oxygens (including phenoxy) is 2. The molecule has 0 aliphatic carbocycles. The van der Waals surface area contributed by atoms with Crippen molar-refractivity contribution >= 4 is 10.9 Å². The Morgan fingerprint density at radius 3 is 2.33 bits per heavy atom. The van der Waals surface area contributed by atoms with Crippen LogP contribution in [0.15, 0.2) is 42.7 Å². The number of rotatable bonds is 3. The summed E-state index contributed by atoms with van der Waals surface area (Å²) in [4.78, 5) is 7.93. The molecule has 5 nitrogen and oxygen atoms in total. The van der Waals surface area contributed by atoms with Gasteiger partial charge in [-0.1, -0.05) is 12.1 Å². The highest BCUT2D eigenvalue weighted by Crippen LogP contribution is 2.34. The average Bonchev–Trinajstić information content (AvgIpc) is 2.54. The summed E-state index contributed by atoms with van der Waals surface area (Å²) in [5, 5.41) is 10.4. The molecular weight excluding hydrogens is 268 g/mol. The summed E-state index contributed by atoms with van der Waals surface area (Å²) in [6.45, 7) is 0. The predicted molar refractivity (Wildman–Crippen MR) is 79.7 cm³/mol. The summed E-state index contributed by atoms with van der Waals surface area (Å²) in [5.74, 6) is 1.30. The molecule has 0 bridgehead atoms. The monoisotopic (exact) mass is 282 g/mol. The number of fused-ring (bicyclic) bond motifs is 1. The molecule has 0 saturated carbocycles. The molecule has 0 aliphatic rings. The maximum atomic E-state index is 9.83. The van der Waals surface area contributed by atoms with Crippen molar-refractivity contribution < 1.29 is 14.6 Å². The van der Waals surface area contributed by atoms with E-state index in [4.69, 9.17) is 9.47 Å². The first-order valence-corrected chi connectivity index (χ1v) is 6.39. The van der Waals surface area contributed by atoms with Crippen LogP contribution < -0.4 is 9.47 Å². The van der Waals surface area contributed by atoms with Crippen molar-refractivity contribution in [3.8, 4) is 28.5 Å². The van der Waals surface area contributed by atoms with Gasteiger partial charge in [-0.05, 0) is 35.4 Å². The van der Waals surface area contributed by atoms with E-state index in [2.05, 4.69) is 9.97 Å². The van der Waals surface area contributed by atoms with E-state index < -0.39 is 0 Å². The third-order valence-electron chi connectivity index (χ3n) is 3.33. The van der Waals surface area contributed by atoms with Crippen LogP contribution in [-0.4, -0.2) is 29.3 Å². The van der Waals surface area contributed by atoms with Crippen LogP contribution in [0.3, 0.4) is 0 Å². The maximum absolute atomic E-state index is 9.83. The van der Waals surface area contributed by atoms with Crippen LogP contribution in [0.5, 0.6) is 17.4 Å². The minimum Gasteiger partial charge on any atom is -0.493 e. The summed E-state index contributed by atoms with van der Waals surface area (Å²) in [7, 11) is 3.20. The third kappa shape index (κ3) is 2.33. The van der Waals surface area contributed by atoms with Crippen LogP contribution in [-0.2, 0) is 0 Å². The molecule has 0 radical (unpaired) electrons. The number of aromatic nitrogens is 2. The number of nitrogens with zero attached hydrogens (tertiary/aromatic N) is 2. The minimum absolute atomic E-state index is 0.0256. The summed E-state index contributed by atoms with van der Waals surface area (Å²) in [6, 6.07) is 11.3. The summed E-state index contributed by atoms with van der Waals surface area (Å²) in [6.07, 6.45) is 1.34. The Kier molecular flexibility index (Phi) is 3.31. The molecule has 0 saturated heterocycles. The standard InChI is InChI=1S/C16H14N2O3/c1-20-14-6-4-11(8-15(14)21-2)10-3-5-13-12(7-10)16(19)18-9-17-13/h3-9H,1-2H3,(H,17,18,19). The molecule has 5 heteroatoms. The molecule has 3 rings (SSSR count). The van der Waals surface area contributed by atoms with Crippen molar-refractivity contribution in [2.24, 2.45) is 0 Å². The zero-order valence-electron chi connectivity index (χ0n) is 11.7. The highest BCUT2D eigenvalue weighted by atomic mass is 16.5. The lowest BCUT2D eigenvalue weighted by atomic mass is 10.0. The smallest absolute Gasteiger partial charge is 0.221 e. The predicted octanol–water partition coefficient (Wildman–Crippen LogP) is 3.02. The summed E-state index contributed by atoms with van der Waals surface area (Å²) in [5.41, 5.74) is 2.60. The molecule has 1 N–H and O–H groups in total. The Balaban J connectivity index is 2.14. The molecule has 2 aromatic carbocycles. The second-order valence-electron chi connectivity index (χ2n) is 4.50. The SMILES string of the molecule is COc1ccc(-c2ccc3ncnc(O)c3c2)cc1OC. The molecule has 1 heterocycles. The normalized spacial score (nSPS) is 10.6. The van der Waals surface area contributed by atoms with Gasteiger partial charge in [-0.15, -0.1) is 0 Å². The first-order valence-electron chi connectivity index (χ1n) is 6.39. The fourth-order valence-corrected chi connectivity index (χ4v) is 2.24. The Morgan fingerprint density at radius 2 is 1.57 bits per heavy atom. The van der Waals surface area contributed by atoms with Crippen LogP contribution >= 0.6 is 0 Å². The van der Waals surface area contributed by atoms with Crippen molar-refractivity contribution in [1.29, 1.82) is 0 Å². The topological polar surface area (TPSA) is 64.5 Å². The second kappa shape index (κ2) is 5.28. The molecule has 1 aromatic heterocycles. The van der Waals surface area contributed by atoms with E-state index in [1.54, 1.807) is 14.2 Å². The molecule has 0 atom stereocenters. The van der Waals surface area contributed by atoms with Crippen molar-refractivity contribution in [2.45, 2.75) is 0 Å². The van der Waals surface area contributed by atoms with Crippen LogP contribution in [0.25, 0.3) is 22.0 Å². The number of hydrogen-bond donors (Lipinski definition) is 1. The first-order chi connectivity index (χ1) is 10.2. The molecule has 0 unspecified atom stereocenters. The van der Waals surface area contributed by atoms with Gasteiger partial charge in [0.25, 0.3) is 0 Å². The highest BCUT2D eigenvalue weighted by Gasteiger charge is 2.08. The summed E-state index contributed by atoms with van der Waals surface area (Å²) < 4.78 is 10.5. The van der Waals surface area contributed by atoms with Gasteiger partial charge in [0, 0.05) is 0 Å². The Bertz CT molecular complexity index is 803. The molecule has 0 fully saturated rings. The van der Waals surface area contributed by atoms with Gasteiger partial charge < -0.3 is 14.6 Å². The van der Waals surface area contributed by atoms with Gasteiger partial charge in [0.1, 0.15) is 6.33 Å². The Morgan fingerprint density at radius 1 is 0.857 bits per heavy atom. The minimum atomic E-state index is -0.0256. The van der Waals surface area contributed by atoms with Gasteiger partial charge in [-0.2, -0.15) is 0 Å². The van der Waals surface area contributed by atoms with Gasteiger partial charge >= 0.3 is 0 Å². The van der Waals surface area contributed by atoms with E-state index in [9.17, 15) is 5.11 Å². The van der Waals surface area contributed by atoms with E-state index in [-0.39, 0.29) is 5.88 Å². The van der Waals surface area contributed by atoms with Gasteiger partial charge in [-0.25, -0.2) is 9.97 Å². The molecular formula is C16H14N2O3. The number of benzene rings is 2.